The molecular formula is C29H27F3N2. The molecule has 0 aliphatic carbocycles. The van der Waals surface area contributed by atoms with E-state index in [0.29, 0.717) is 5.69 Å². The van der Waals surface area contributed by atoms with Crippen LogP contribution in [-0.2, 0) is 6.54 Å². The van der Waals surface area contributed by atoms with Crippen molar-refractivity contribution in [3.63, 3.8) is 0 Å². The van der Waals surface area contributed by atoms with Crippen molar-refractivity contribution >= 4 is 16.5 Å². The van der Waals surface area contributed by atoms with E-state index in [-0.39, 0.29) is 17.8 Å². The molecule has 5 rings (SSSR count). The number of rotatable bonds is 6. The fraction of sp³-hybridized carbons (Fsp3) is 0.241. The molecule has 0 amide bonds. The van der Waals surface area contributed by atoms with Crippen LogP contribution in [0.1, 0.15) is 30.0 Å². The van der Waals surface area contributed by atoms with Gasteiger partial charge in [0, 0.05) is 18.3 Å². The van der Waals surface area contributed by atoms with E-state index in [1.54, 1.807) is 18.2 Å². The summed E-state index contributed by atoms with van der Waals surface area (Å²) in [4.78, 5) is 2.46. The Kier molecular flexibility index (Phi) is 6.54. The molecular weight excluding hydrogens is 433 g/mol. The molecule has 0 bridgehead atoms. The number of benzene rings is 4. The molecule has 0 aromatic heterocycles. The quantitative estimate of drug-likeness (QED) is 0.324. The SMILES string of the molecule is Fc1ccc(C(Nc2ccc(F)c(F)c2)C2CCN(Cc3ccc4ccccc4c3)CC2)cc1. The number of hydrogen-bond donors (Lipinski definition) is 1. The third-order valence-corrected chi connectivity index (χ3v) is 6.79. The predicted molar refractivity (Wildman–Crippen MR) is 131 cm³/mol. The fourth-order valence-corrected chi connectivity index (χ4v) is 4.95. The maximum atomic E-state index is 13.8. The molecule has 1 atom stereocenters. The Bertz CT molecular complexity index is 1260. The van der Waals surface area contributed by atoms with Crippen LogP contribution in [0.3, 0.4) is 0 Å². The topological polar surface area (TPSA) is 15.3 Å². The maximum absolute atomic E-state index is 13.8. The van der Waals surface area contributed by atoms with E-state index in [1.807, 2.05) is 0 Å². The van der Waals surface area contributed by atoms with E-state index in [0.717, 1.165) is 44.1 Å². The normalized spacial score (nSPS) is 16.0. The summed E-state index contributed by atoms with van der Waals surface area (Å²) in [6, 6.07) is 25.2. The minimum absolute atomic E-state index is 0.117. The second-order valence-corrected chi connectivity index (χ2v) is 9.10. The number of likely N-dealkylation sites (tertiary alicyclic amines) is 1. The molecule has 1 N–H and O–H groups in total. The van der Waals surface area contributed by atoms with Crippen LogP contribution in [0.5, 0.6) is 0 Å². The maximum Gasteiger partial charge on any atom is 0.160 e. The number of nitrogens with zero attached hydrogens (tertiary/aromatic N) is 1. The minimum Gasteiger partial charge on any atom is -0.378 e. The van der Waals surface area contributed by atoms with Crippen LogP contribution >= 0.6 is 0 Å². The average molecular weight is 461 g/mol. The fourth-order valence-electron chi connectivity index (χ4n) is 4.95. The molecule has 1 saturated heterocycles. The van der Waals surface area contributed by atoms with Crippen molar-refractivity contribution in [3.8, 4) is 0 Å². The lowest BCUT2D eigenvalue weighted by molar-refractivity contribution is 0.166. The number of halogens is 3. The van der Waals surface area contributed by atoms with Gasteiger partial charge in [-0.2, -0.15) is 0 Å². The highest BCUT2D eigenvalue weighted by atomic mass is 19.2. The molecule has 1 unspecified atom stereocenters. The van der Waals surface area contributed by atoms with Crippen molar-refractivity contribution in [3.05, 3.63) is 114 Å². The van der Waals surface area contributed by atoms with Crippen LogP contribution in [0.25, 0.3) is 10.8 Å². The van der Waals surface area contributed by atoms with E-state index >= 15 is 0 Å². The summed E-state index contributed by atoms with van der Waals surface area (Å²) in [6.07, 6.45) is 1.90. The van der Waals surface area contributed by atoms with Crippen molar-refractivity contribution in [2.75, 3.05) is 18.4 Å². The summed E-state index contributed by atoms with van der Waals surface area (Å²) in [5, 5.41) is 5.89. The smallest absolute Gasteiger partial charge is 0.160 e. The third-order valence-electron chi connectivity index (χ3n) is 6.79. The lowest BCUT2D eigenvalue weighted by Crippen LogP contribution is -2.36. The molecule has 174 valence electrons. The zero-order valence-corrected chi connectivity index (χ0v) is 18.9. The lowest BCUT2D eigenvalue weighted by Gasteiger charge is -2.37. The van der Waals surface area contributed by atoms with Gasteiger partial charge in [0.2, 0.25) is 0 Å². The first-order chi connectivity index (χ1) is 16.5. The first-order valence-corrected chi connectivity index (χ1v) is 11.7. The van der Waals surface area contributed by atoms with Gasteiger partial charge in [0.05, 0.1) is 6.04 Å². The van der Waals surface area contributed by atoms with Crippen LogP contribution < -0.4 is 5.32 Å². The Hall–Kier alpha value is -3.31. The molecule has 1 aliphatic heterocycles. The van der Waals surface area contributed by atoms with Crippen molar-refractivity contribution in [1.82, 2.24) is 4.90 Å². The van der Waals surface area contributed by atoms with Crippen molar-refractivity contribution in [1.29, 1.82) is 0 Å². The molecule has 1 fully saturated rings. The van der Waals surface area contributed by atoms with Crippen LogP contribution in [0.4, 0.5) is 18.9 Å². The van der Waals surface area contributed by atoms with Crippen LogP contribution in [0.2, 0.25) is 0 Å². The molecule has 1 heterocycles. The van der Waals surface area contributed by atoms with E-state index in [9.17, 15) is 13.2 Å². The second-order valence-electron chi connectivity index (χ2n) is 9.10. The van der Waals surface area contributed by atoms with Crippen LogP contribution in [0, 0.1) is 23.4 Å². The predicted octanol–water partition coefficient (Wildman–Crippen LogP) is 7.32. The van der Waals surface area contributed by atoms with E-state index in [1.165, 1.54) is 34.5 Å². The van der Waals surface area contributed by atoms with Crippen molar-refractivity contribution in [2.45, 2.75) is 25.4 Å². The highest BCUT2D eigenvalue weighted by Gasteiger charge is 2.28. The standard InChI is InChI=1S/C29H27F3N2/c30-25-9-7-22(8-10-25)29(33-26-11-12-27(31)28(32)18-26)23-13-15-34(16-14-23)19-20-5-6-21-3-1-2-4-24(21)17-20/h1-12,17-18,23,29,33H,13-16,19H2. The molecule has 0 spiro atoms. The molecule has 4 aromatic carbocycles. The third kappa shape index (κ3) is 5.10. The zero-order chi connectivity index (χ0) is 23.5. The number of fused-ring (bicyclic) bond motifs is 1. The summed E-state index contributed by atoms with van der Waals surface area (Å²) in [5.74, 6) is -1.76. The number of hydrogen-bond acceptors (Lipinski definition) is 2. The van der Waals surface area contributed by atoms with Gasteiger partial charge in [-0.15, -0.1) is 0 Å². The highest BCUT2D eigenvalue weighted by Crippen LogP contribution is 2.35. The summed E-state index contributed by atoms with van der Waals surface area (Å²) in [7, 11) is 0. The van der Waals surface area contributed by atoms with Gasteiger partial charge in [-0.25, -0.2) is 13.2 Å². The number of anilines is 1. The Morgan fingerprint density at radius 3 is 2.24 bits per heavy atom. The van der Waals surface area contributed by atoms with E-state index in [4.69, 9.17) is 0 Å². The van der Waals surface area contributed by atoms with Crippen LogP contribution in [0.15, 0.2) is 84.9 Å². The molecule has 5 heteroatoms. The molecule has 0 saturated carbocycles. The lowest BCUT2D eigenvalue weighted by atomic mass is 9.85. The van der Waals surface area contributed by atoms with Gasteiger partial charge in [0.15, 0.2) is 11.6 Å². The first kappa shape index (κ1) is 22.5. The molecule has 34 heavy (non-hydrogen) atoms. The van der Waals surface area contributed by atoms with Gasteiger partial charge in [0.1, 0.15) is 5.82 Å². The van der Waals surface area contributed by atoms with E-state index < -0.39 is 11.6 Å². The van der Waals surface area contributed by atoms with Gasteiger partial charge in [-0.3, -0.25) is 4.90 Å². The number of nitrogens with one attached hydrogen (secondary N) is 1. The minimum atomic E-state index is -0.881. The van der Waals surface area contributed by atoms with Gasteiger partial charge >= 0.3 is 0 Å². The Balaban J connectivity index is 1.29. The van der Waals surface area contributed by atoms with Gasteiger partial charge in [0.25, 0.3) is 0 Å². The van der Waals surface area contributed by atoms with Crippen molar-refractivity contribution < 1.29 is 13.2 Å². The summed E-state index contributed by atoms with van der Waals surface area (Å²) in [6.45, 7) is 2.78. The van der Waals surface area contributed by atoms with Gasteiger partial charge in [-0.1, -0.05) is 48.5 Å². The van der Waals surface area contributed by atoms with E-state index in [2.05, 4.69) is 52.7 Å². The Labute approximate surface area is 198 Å². The van der Waals surface area contributed by atoms with Gasteiger partial charge in [-0.05, 0) is 84.1 Å². The number of piperidine rings is 1. The van der Waals surface area contributed by atoms with Crippen molar-refractivity contribution in [2.24, 2.45) is 5.92 Å². The Morgan fingerprint density at radius 1 is 0.765 bits per heavy atom. The second kappa shape index (κ2) is 9.90. The van der Waals surface area contributed by atoms with Crippen LogP contribution in [-0.4, -0.2) is 18.0 Å². The summed E-state index contributed by atoms with van der Waals surface area (Å²) >= 11 is 0. The summed E-state index contributed by atoms with van der Waals surface area (Å²) < 4.78 is 40.8. The highest BCUT2D eigenvalue weighted by molar-refractivity contribution is 5.82. The largest absolute Gasteiger partial charge is 0.378 e. The average Bonchev–Trinajstić information content (AvgIpc) is 2.86. The Morgan fingerprint density at radius 2 is 1.50 bits per heavy atom. The molecule has 0 radical (unpaired) electrons. The molecule has 2 nitrogen and oxygen atoms in total. The molecule has 1 aliphatic rings. The monoisotopic (exact) mass is 460 g/mol. The molecule has 4 aromatic rings. The van der Waals surface area contributed by atoms with Gasteiger partial charge < -0.3 is 5.32 Å². The zero-order valence-electron chi connectivity index (χ0n) is 18.9. The first-order valence-electron chi connectivity index (χ1n) is 11.7. The summed E-state index contributed by atoms with van der Waals surface area (Å²) in [5.41, 5.74) is 2.76.